The Bertz CT molecular complexity index is 920. The second-order valence-corrected chi connectivity index (χ2v) is 6.78. The van der Waals surface area contributed by atoms with Crippen molar-refractivity contribution in [2.75, 3.05) is 11.1 Å². The number of carbonyl (C=O) groups excluding carboxylic acids is 1. The quantitative estimate of drug-likeness (QED) is 0.643. The predicted octanol–water partition coefficient (Wildman–Crippen LogP) is 3.87. The van der Waals surface area contributed by atoms with Gasteiger partial charge in [0.1, 0.15) is 11.5 Å². The number of aryl methyl sites for hydroxylation is 1. The van der Waals surface area contributed by atoms with Gasteiger partial charge in [0.2, 0.25) is 5.91 Å². The highest BCUT2D eigenvalue weighted by Crippen LogP contribution is 2.34. The van der Waals surface area contributed by atoms with Gasteiger partial charge in [0, 0.05) is 17.7 Å². The lowest BCUT2D eigenvalue weighted by molar-refractivity contribution is -0.115. The Labute approximate surface area is 153 Å². The van der Waals surface area contributed by atoms with Crippen LogP contribution in [-0.4, -0.2) is 25.6 Å². The molecule has 0 fully saturated rings. The monoisotopic (exact) mass is 370 g/mol. The minimum absolute atomic E-state index is 0.00617. The number of nitrogens with zero attached hydrogens (tertiary/aromatic N) is 1. The molecule has 0 aliphatic rings. The van der Waals surface area contributed by atoms with E-state index in [9.17, 15) is 9.00 Å². The second-order valence-electron chi connectivity index (χ2n) is 5.73. The smallest absolute Gasteiger partial charge is 0.225 e. The van der Waals surface area contributed by atoms with Crippen LogP contribution in [0.4, 0.5) is 5.69 Å². The van der Waals surface area contributed by atoms with E-state index in [1.165, 1.54) is 0 Å². The standard InChI is InChI=1S/C19H18N2O4S/c1-13-18(19(21-25-13)15-5-3-2-4-6-15)14-7-9-16(10-8-14)20-17(22)11-12-26(23)24/h2-10H,11-12H2,1H3,(H,20,22)(H,23,24). The number of rotatable bonds is 6. The maximum absolute atomic E-state index is 11.7. The molecule has 1 amide bonds. The average Bonchev–Trinajstić information content (AvgIpc) is 3.03. The Kier molecular flexibility index (Phi) is 5.60. The molecule has 134 valence electrons. The molecule has 7 heteroatoms. The average molecular weight is 370 g/mol. The first-order valence-electron chi connectivity index (χ1n) is 8.04. The Balaban J connectivity index is 1.81. The molecule has 1 atom stereocenters. The lowest BCUT2D eigenvalue weighted by Gasteiger charge is -2.07. The highest BCUT2D eigenvalue weighted by atomic mass is 32.2. The van der Waals surface area contributed by atoms with Gasteiger partial charge in [-0.1, -0.05) is 47.6 Å². The number of hydrogen-bond donors (Lipinski definition) is 2. The molecule has 0 spiro atoms. The van der Waals surface area contributed by atoms with E-state index in [1.807, 2.05) is 49.4 Å². The Morgan fingerprint density at radius 2 is 1.81 bits per heavy atom. The van der Waals surface area contributed by atoms with Crippen molar-refractivity contribution >= 4 is 22.7 Å². The van der Waals surface area contributed by atoms with Crippen molar-refractivity contribution in [3.8, 4) is 22.4 Å². The molecular weight excluding hydrogens is 352 g/mol. The fraction of sp³-hybridized carbons (Fsp3) is 0.158. The normalized spacial score (nSPS) is 11.9. The summed E-state index contributed by atoms with van der Waals surface area (Å²) in [5.74, 6) is 0.335. The summed E-state index contributed by atoms with van der Waals surface area (Å²) in [7, 11) is 0. The van der Waals surface area contributed by atoms with E-state index in [1.54, 1.807) is 12.1 Å². The van der Waals surface area contributed by atoms with Crippen LogP contribution in [-0.2, 0) is 15.9 Å². The minimum atomic E-state index is -1.97. The van der Waals surface area contributed by atoms with Crippen molar-refractivity contribution in [3.63, 3.8) is 0 Å². The summed E-state index contributed by atoms with van der Waals surface area (Å²) in [4.78, 5) is 11.7. The summed E-state index contributed by atoms with van der Waals surface area (Å²) in [6.45, 7) is 1.86. The van der Waals surface area contributed by atoms with Gasteiger partial charge < -0.3 is 14.4 Å². The third kappa shape index (κ3) is 4.25. The Morgan fingerprint density at radius 3 is 2.46 bits per heavy atom. The number of nitrogens with one attached hydrogen (secondary N) is 1. The van der Waals surface area contributed by atoms with E-state index < -0.39 is 11.1 Å². The van der Waals surface area contributed by atoms with Gasteiger partial charge in [0.05, 0.1) is 11.3 Å². The van der Waals surface area contributed by atoms with Crippen molar-refractivity contribution in [2.45, 2.75) is 13.3 Å². The molecule has 0 radical (unpaired) electrons. The molecule has 2 N–H and O–H groups in total. The SMILES string of the molecule is Cc1onc(-c2ccccc2)c1-c1ccc(NC(=O)CCS(=O)O)cc1. The minimum Gasteiger partial charge on any atom is -0.360 e. The first-order chi connectivity index (χ1) is 12.5. The van der Waals surface area contributed by atoms with Crippen molar-refractivity contribution in [1.29, 1.82) is 0 Å². The lowest BCUT2D eigenvalue weighted by Crippen LogP contribution is -2.14. The highest BCUT2D eigenvalue weighted by Gasteiger charge is 2.16. The number of anilines is 1. The molecule has 26 heavy (non-hydrogen) atoms. The molecule has 3 aromatic rings. The van der Waals surface area contributed by atoms with Crippen molar-refractivity contribution in [2.24, 2.45) is 0 Å². The van der Waals surface area contributed by atoms with Crippen LogP contribution in [0.15, 0.2) is 59.1 Å². The summed E-state index contributed by atoms with van der Waals surface area (Å²) in [5, 5.41) is 6.88. The van der Waals surface area contributed by atoms with Crippen molar-refractivity contribution in [1.82, 2.24) is 5.16 Å². The Hall–Kier alpha value is -2.77. The fourth-order valence-electron chi connectivity index (χ4n) is 2.63. The molecule has 0 saturated carbocycles. The van der Waals surface area contributed by atoms with E-state index in [2.05, 4.69) is 10.5 Å². The molecule has 0 aliphatic carbocycles. The van der Waals surface area contributed by atoms with Crippen LogP contribution < -0.4 is 5.32 Å². The highest BCUT2D eigenvalue weighted by molar-refractivity contribution is 7.79. The lowest BCUT2D eigenvalue weighted by atomic mass is 9.99. The first-order valence-corrected chi connectivity index (χ1v) is 9.31. The van der Waals surface area contributed by atoms with Crippen LogP contribution in [0.5, 0.6) is 0 Å². The van der Waals surface area contributed by atoms with E-state index in [-0.39, 0.29) is 18.1 Å². The zero-order chi connectivity index (χ0) is 18.5. The Morgan fingerprint density at radius 1 is 1.12 bits per heavy atom. The molecule has 2 aromatic carbocycles. The van der Waals surface area contributed by atoms with Crippen LogP contribution in [0.25, 0.3) is 22.4 Å². The number of amides is 1. The molecule has 6 nitrogen and oxygen atoms in total. The van der Waals surface area contributed by atoms with Gasteiger partial charge in [-0.05, 0) is 24.6 Å². The zero-order valence-corrected chi connectivity index (χ0v) is 15.0. The molecule has 1 heterocycles. The predicted molar refractivity (Wildman–Crippen MR) is 101 cm³/mol. The topological polar surface area (TPSA) is 92.4 Å². The van der Waals surface area contributed by atoms with Gasteiger partial charge in [-0.15, -0.1) is 0 Å². The number of carbonyl (C=O) groups is 1. The molecule has 0 bridgehead atoms. The number of hydrogen-bond acceptors (Lipinski definition) is 4. The van der Waals surface area contributed by atoms with Crippen LogP contribution in [0.1, 0.15) is 12.2 Å². The van der Waals surface area contributed by atoms with Gasteiger partial charge in [0.25, 0.3) is 0 Å². The third-order valence-corrected chi connectivity index (χ3v) is 4.42. The van der Waals surface area contributed by atoms with Gasteiger partial charge in [-0.3, -0.25) is 4.79 Å². The molecule has 1 aromatic heterocycles. The fourth-order valence-corrected chi connectivity index (χ4v) is 2.99. The van der Waals surface area contributed by atoms with E-state index in [0.29, 0.717) is 11.4 Å². The second kappa shape index (κ2) is 8.07. The van der Waals surface area contributed by atoms with Crippen LogP contribution in [0.3, 0.4) is 0 Å². The summed E-state index contributed by atoms with van der Waals surface area (Å²) in [5.41, 5.74) is 4.19. The number of aromatic nitrogens is 1. The maximum atomic E-state index is 11.7. The number of benzene rings is 2. The van der Waals surface area contributed by atoms with Crippen molar-refractivity contribution in [3.05, 3.63) is 60.4 Å². The first kappa shape index (κ1) is 18.0. The summed E-state index contributed by atoms with van der Waals surface area (Å²) < 4.78 is 24.7. The molecular formula is C19H18N2O4S. The maximum Gasteiger partial charge on any atom is 0.225 e. The van der Waals surface area contributed by atoms with Crippen LogP contribution >= 0.6 is 0 Å². The van der Waals surface area contributed by atoms with E-state index in [0.717, 1.165) is 22.4 Å². The zero-order valence-electron chi connectivity index (χ0n) is 14.1. The van der Waals surface area contributed by atoms with Crippen LogP contribution in [0.2, 0.25) is 0 Å². The third-order valence-electron chi connectivity index (χ3n) is 3.87. The van der Waals surface area contributed by atoms with E-state index >= 15 is 0 Å². The summed E-state index contributed by atoms with van der Waals surface area (Å²) >= 11 is -1.97. The molecule has 0 saturated heterocycles. The molecule has 1 unspecified atom stereocenters. The molecule has 3 rings (SSSR count). The van der Waals surface area contributed by atoms with Gasteiger partial charge in [-0.25, -0.2) is 4.21 Å². The largest absolute Gasteiger partial charge is 0.360 e. The summed E-state index contributed by atoms with van der Waals surface area (Å²) in [6.07, 6.45) is -0.00617. The van der Waals surface area contributed by atoms with Crippen LogP contribution in [0, 0.1) is 6.92 Å². The van der Waals surface area contributed by atoms with Gasteiger partial charge in [0.15, 0.2) is 11.1 Å². The summed E-state index contributed by atoms with van der Waals surface area (Å²) in [6, 6.07) is 17.1. The van der Waals surface area contributed by atoms with Gasteiger partial charge in [-0.2, -0.15) is 0 Å². The van der Waals surface area contributed by atoms with E-state index in [4.69, 9.17) is 9.08 Å². The van der Waals surface area contributed by atoms with Gasteiger partial charge >= 0.3 is 0 Å². The molecule has 0 aliphatic heterocycles. The van der Waals surface area contributed by atoms with Crippen molar-refractivity contribution < 1.29 is 18.1 Å².